The summed E-state index contributed by atoms with van der Waals surface area (Å²) in [6, 6.07) is 12.0. The molecule has 0 aliphatic carbocycles. The summed E-state index contributed by atoms with van der Waals surface area (Å²) in [5.41, 5.74) is 0. The summed E-state index contributed by atoms with van der Waals surface area (Å²) in [5.74, 6) is 1.72. The average molecular weight is 401 g/mol. The summed E-state index contributed by atoms with van der Waals surface area (Å²) >= 11 is 1.58. The van der Waals surface area contributed by atoms with Crippen molar-refractivity contribution in [1.82, 2.24) is 14.7 Å². The third-order valence-corrected chi connectivity index (χ3v) is 5.80. The maximum Gasteiger partial charge on any atom is 0.232 e. The van der Waals surface area contributed by atoms with Crippen LogP contribution in [0.1, 0.15) is 39.2 Å². The van der Waals surface area contributed by atoms with Gasteiger partial charge in [0.25, 0.3) is 0 Å². The number of anilines is 1. The zero-order chi connectivity index (χ0) is 19.9. The van der Waals surface area contributed by atoms with Gasteiger partial charge in [0.05, 0.1) is 18.0 Å². The molecule has 6 nitrogen and oxygen atoms in total. The molecule has 1 N–H and O–H groups in total. The van der Waals surface area contributed by atoms with Gasteiger partial charge in [0.1, 0.15) is 5.82 Å². The fraction of sp³-hybridized carbons (Fsp3) is 0.476. The van der Waals surface area contributed by atoms with Crippen LogP contribution in [0.5, 0.6) is 0 Å². The molecule has 3 rings (SSSR count). The van der Waals surface area contributed by atoms with Crippen molar-refractivity contribution in [2.24, 2.45) is 5.92 Å². The molecule has 1 aromatic carbocycles. The Labute approximate surface area is 170 Å². The van der Waals surface area contributed by atoms with Gasteiger partial charge in [-0.3, -0.25) is 9.59 Å². The quantitative estimate of drug-likeness (QED) is 0.718. The lowest BCUT2D eigenvalue weighted by Crippen LogP contribution is -2.40. The van der Waals surface area contributed by atoms with Crippen LogP contribution in [0.2, 0.25) is 0 Å². The second-order valence-electron chi connectivity index (χ2n) is 7.52. The highest BCUT2D eigenvalue weighted by molar-refractivity contribution is 8.00. The maximum absolute atomic E-state index is 12.5. The van der Waals surface area contributed by atoms with Gasteiger partial charge in [-0.2, -0.15) is 5.10 Å². The van der Waals surface area contributed by atoms with E-state index < -0.39 is 0 Å². The number of piperidine rings is 1. The van der Waals surface area contributed by atoms with Crippen molar-refractivity contribution in [2.75, 3.05) is 24.2 Å². The minimum atomic E-state index is 0.0160. The van der Waals surface area contributed by atoms with E-state index in [1.165, 1.54) is 0 Å². The Hall–Kier alpha value is -2.28. The number of nitrogens with zero attached hydrogens (tertiary/aromatic N) is 3. The van der Waals surface area contributed by atoms with E-state index in [1.807, 2.05) is 59.8 Å². The largest absolute Gasteiger partial charge is 0.342 e. The first kappa shape index (κ1) is 20.5. The number of carbonyl (C=O) groups excluding carboxylic acids is 2. The highest BCUT2D eigenvalue weighted by Gasteiger charge is 2.25. The van der Waals surface area contributed by atoms with E-state index in [2.05, 4.69) is 10.4 Å². The van der Waals surface area contributed by atoms with Crippen molar-refractivity contribution in [3.05, 3.63) is 42.6 Å². The monoisotopic (exact) mass is 400 g/mol. The highest BCUT2D eigenvalue weighted by Crippen LogP contribution is 2.26. The van der Waals surface area contributed by atoms with Crippen molar-refractivity contribution >= 4 is 29.4 Å². The summed E-state index contributed by atoms with van der Waals surface area (Å²) in [6.45, 7) is 5.50. The lowest BCUT2D eigenvalue weighted by molar-refractivity contribution is -0.129. The van der Waals surface area contributed by atoms with Crippen molar-refractivity contribution in [3.63, 3.8) is 0 Å². The normalized spacial score (nSPS) is 15.0. The van der Waals surface area contributed by atoms with E-state index in [1.54, 1.807) is 18.0 Å². The molecule has 0 bridgehead atoms. The Morgan fingerprint density at radius 3 is 2.57 bits per heavy atom. The molecule has 1 aliphatic rings. The Morgan fingerprint density at radius 2 is 1.89 bits per heavy atom. The van der Waals surface area contributed by atoms with E-state index in [0.717, 1.165) is 36.6 Å². The van der Waals surface area contributed by atoms with Gasteiger partial charge in [-0.1, -0.05) is 32.0 Å². The Bertz CT molecular complexity index is 783. The van der Waals surface area contributed by atoms with E-state index in [0.29, 0.717) is 18.1 Å². The first-order chi connectivity index (χ1) is 13.5. The van der Waals surface area contributed by atoms with Gasteiger partial charge in [-0.15, -0.1) is 11.8 Å². The van der Waals surface area contributed by atoms with Gasteiger partial charge in [0.2, 0.25) is 11.8 Å². The molecule has 28 heavy (non-hydrogen) atoms. The SMILES string of the molecule is CC(C)CC(=O)Nc1ccnn1C1CCN(C(=O)CSc2ccccc2)CC1. The van der Waals surface area contributed by atoms with Gasteiger partial charge in [-0.05, 0) is 30.9 Å². The van der Waals surface area contributed by atoms with Crippen molar-refractivity contribution in [3.8, 4) is 0 Å². The Balaban J connectivity index is 1.49. The standard InChI is InChI=1S/C21H28N4O2S/c1-16(2)14-20(26)23-19-8-11-22-25(19)17-9-12-24(13-10-17)21(27)15-28-18-6-4-3-5-7-18/h3-8,11,16-17H,9-10,12-15H2,1-2H3,(H,23,26). The van der Waals surface area contributed by atoms with Crippen molar-refractivity contribution in [2.45, 2.75) is 44.0 Å². The van der Waals surface area contributed by atoms with Crippen LogP contribution in [0.3, 0.4) is 0 Å². The van der Waals surface area contributed by atoms with Crippen molar-refractivity contribution in [1.29, 1.82) is 0 Å². The molecule has 0 saturated carbocycles. The van der Waals surface area contributed by atoms with Crippen molar-refractivity contribution < 1.29 is 9.59 Å². The topological polar surface area (TPSA) is 67.2 Å². The van der Waals surface area contributed by atoms with Crippen LogP contribution >= 0.6 is 11.8 Å². The smallest absolute Gasteiger partial charge is 0.232 e. The van der Waals surface area contributed by atoms with Crippen LogP contribution < -0.4 is 5.32 Å². The second kappa shape index (κ2) is 9.78. The van der Waals surface area contributed by atoms with Crippen LogP contribution in [-0.2, 0) is 9.59 Å². The zero-order valence-electron chi connectivity index (χ0n) is 16.5. The molecule has 2 heterocycles. The number of thioether (sulfide) groups is 1. The van der Waals surface area contributed by atoms with Gasteiger partial charge in [0.15, 0.2) is 0 Å². The summed E-state index contributed by atoms with van der Waals surface area (Å²) in [4.78, 5) is 27.6. The van der Waals surface area contributed by atoms with E-state index in [9.17, 15) is 9.59 Å². The molecule has 1 fully saturated rings. The van der Waals surface area contributed by atoms with E-state index >= 15 is 0 Å². The number of benzene rings is 1. The van der Waals surface area contributed by atoms with E-state index in [-0.39, 0.29) is 17.9 Å². The lowest BCUT2D eigenvalue weighted by Gasteiger charge is -2.32. The molecular formula is C21H28N4O2S. The summed E-state index contributed by atoms with van der Waals surface area (Å²) in [5, 5.41) is 7.38. The molecule has 1 aromatic heterocycles. The molecule has 0 atom stereocenters. The molecule has 1 aliphatic heterocycles. The zero-order valence-corrected chi connectivity index (χ0v) is 17.3. The molecule has 1 saturated heterocycles. The molecule has 0 unspecified atom stereocenters. The number of hydrogen-bond acceptors (Lipinski definition) is 4. The minimum Gasteiger partial charge on any atom is -0.342 e. The first-order valence-corrected chi connectivity index (χ1v) is 10.8. The highest BCUT2D eigenvalue weighted by atomic mass is 32.2. The average Bonchev–Trinajstić information content (AvgIpc) is 3.14. The molecule has 2 aromatic rings. The maximum atomic E-state index is 12.5. The lowest BCUT2D eigenvalue weighted by atomic mass is 10.1. The summed E-state index contributed by atoms with van der Waals surface area (Å²) in [6.07, 6.45) is 3.91. The van der Waals surface area contributed by atoms with Crippen LogP contribution in [0.4, 0.5) is 5.82 Å². The Kier molecular flexibility index (Phi) is 7.14. The molecule has 2 amide bonds. The number of likely N-dealkylation sites (tertiary alicyclic amines) is 1. The molecule has 7 heteroatoms. The minimum absolute atomic E-state index is 0.0160. The number of rotatable bonds is 7. The third kappa shape index (κ3) is 5.61. The second-order valence-corrected chi connectivity index (χ2v) is 8.57. The predicted octanol–water partition coefficient (Wildman–Crippen LogP) is 3.82. The third-order valence-electron chi connectivity index (χ3n) is 4.80. The van der Waals surface area contributed by atoms with E-state index in [4.69, 9.17) is 0 Å². The number of carbonyl (C=O) groups is 2. The molecule has 150 valence electrons. The van der Waals surface area contributed by atoms with Crippen LogP contribution in [-0.4, -0.2) is 45.3 Å². The van der Waals surface area contributed by atoms with Gasteiger partial charge in [-0.25, -0.2) is 4.68 Å². The molecular weight excluding hydrogens is 372 g/mol. The van der Waals surface area contributed by atoms with Crippen LogP contribution in [0.25, 0.3) is 0 Å². The summed E-state index contributed by atoms with van der Waals surface area (Å²) < 4.78 is 1.90. The predicted molar refractivity (Wildman–Crippen MR) is 112 cm³/mol. The fourth-order valence-electron chi connectivity index (χ4n) is 3.38. The number of aromatic nitrogens is 2. The number of nitrogens with one attached hydrogen (secondary N) is 1. The van der Waals surface area contributed by atoms with Crippen LogP contribution in [0, 0.1) is 5.92 Å². The van der Waals surface area contributed by atoms with Gasteiger partial charge < -0.3 is 10.2 Å². The Morgan fingerprint density at radius 1 is 1.18 bits per heavy atom. The number of amides is 2. The summed E-state index contributed by atoms with van der Waals surface area (Å²) in [7, 11) is 0. The van der Waals surface area contributed by atoms with Crippen LogP contribution in [0.15, 0.2) is 47.5 Å². The molecule has 0 spiro atoms. The fourth-order valence-corrected chi connectivity index (χ4v) is 4.20. The van der Waals surface area contributed by atoms with Gasteiger partial charge >= 0.3 is 0 Å². The number of hydrogen-bond donors (Lipinski definition) is 1. The van der Waals surface area contributed by atoms with Gasteiger partial charge in [0, 0.05) is 30.5 Å². The molecule has 0 radical (unpaired) electrons. The first-order valence-electron chi connectivity index (χ1n) is 9.82.